The number of aryl methyl sites for hydroxylation is 1. The van der Waals surface area contributed by atoms with Gasteiger partial charge in [-0.05, 0) is 31.5 Å². The van der Waals surface area contributed by atoms with Crippen molar-refractivity contribution in [3.63, 3.8) is 0 Å². The van der Waals surface area contributed by atoms with Crippen molar-refractivity contribution in [1.29, 1.82) is 0 Å². The lowest BCUT2D eigenvalue weighted by Gasteiger charge is -2.16. The van der Waals surface area contributed by atoms with Crippen LogP contribution in [0.2, 0.25) is 0 Å². The molecule has 0 unspecified atom stereocenters. The minimum absolute atomic E-state index is 0.314. The summed E-state index contributed by atoms with van der Waals surface area (Å²) in [6.07, 6.45) is 0. The molecule has 21 heavy (non-hydrogen) atoms. The van der Waals surface area contributed by atoms with Crippen LogP contribution < -0.4 is 19.9 Å². The smallest absolute Gasteiger partial charge is 0.244 e. The lowest BCUT2D eigenvalue weighted by atomic mass is 10.1. The van der Waals surface area contributed by atoms with E-state index in [2.05, 4.69) is 10.2 Å². The molecule has 0 aliphatic heterocycles. The SMILES string of the molecule is COc1cccc(OC)c1Oc1nnc(C)c(C)c1CN. The number of rotatable bonds is 5. The molecule has 2 rings (SSSR count). The van der Waals surface area contributed by atoms with Crippen LogP contribution in [0.3, 0.4) is 0 Å². The van der Waals surface area contributed by atoms with Crippen molar-refractivity contribution in [2.45, 2.75) is 20.4 Å². The Hall–Kier alpha value is -2.34. The average Bonchev–Trinajstić information content (AvgIpc) is 2.51. The Kier molecular flexibility index (Phi) is 4.59. The Morgan fingerprint density at radius 3 is 2.19 bits per heavy atom. The number of nitrogens with zero attached hydrogens (tertiary/aromatic N) is 2. The second kappa shape index (κ2) is 6.41. The molecule has 112 valence electrons. The number of hydrogen-bond acceptors (Lipinski definition) is 6. The van der Waals surface area contributed by atoms with Crippen LogP contribution in [0.25, 0.3) is 0 Å². The third-order valence-electron chi connectivity index (χ3n) is 3.33. The molecule has 0 amide bonds. The Bertz CT molecular complexity index is 622. The molecule has 0 aliphatic carbocycles. The highest BCUT2D eigenvalue weighted by atomic mass is 16.5. The highest BCUT2D eigenvalue weighted by molar-refractivity contribution is 5.53. The van der Waals surface area contributed by atoms with Gasteiger partial charge in [0.15, 0.2) is 11.5 Å². The summed E-state index contributed by atoms with van der Waals surface area (Å²) in [5, 5.41) is 8.17. The van der Waals surface area contributed by atoms with Crippen LogP contribution in [0.5, 0.6) is 23.1 Å². The van der Waals surface area contributed by atoms with Gasteiger partial charge in [-0.15, -0.1) is 5.10 Å². The summed E-state index contributed by atoms with van der Waals surface area (Å²) in [5.41, 5.74) is 8.42. The second-order valence-corrected chi connectivity index (χ2v) is 4.49. The van der Waals surface area contributed by atoms with Crippen LogP contribution in [0, 0.1) is 13.8 Å². The maximum Gasteiger partial charge on any atom is 0.244 e. The van der Waals surface area contributed by atoms with Gasteiger partial charge in [-0.25, -0.2) is 0 Å². The number of para-hydroxylation sites is 1. The van der Waals surface area contributed by atoms with Crippen molar-refractivity contribution < 1.29 is 14.2 Å². The Balaban J connectivity index is 2.50. The standard InChI is InChI=1S/C15H19N3O3/c1-9-10(2)17-18-15(11(9)8-16)21-14-12(19-3)6-5-7-13(14)20-4/h5-7H,8,16H2,1-4H3. The largest absolute Gasteiger partial charge is 0.493 e. The highest BCUT2D eigenvalue weighted by Gasteiger charge is 2.17. The summed E-state index contributed by atoms with van der Waals surface area (Å²) in [4.78, 5) is 0. The number of nitrogens with two attached hydrogens (primary N) is 1. The summed E-state index contributed by atoms with van der Waals surface area (Å²) in [7, 11) is 3.13. The number of ether oxygens (including phenoxy) is 3. The predicted molar refractivity (Wildman–Crippen MR) is 79.0 cm³/mol. The van der Waals surface area contributed by atoms with Gasteiger partial charge in [0.05, 0.1) is 19.9 Å². The lowest BCUT2D eigenvalue weighted by molar-refractivity contribution is 0.338. The second-order valence-electron chi connectivity index (χ2n) is 4.49. The topological polar surface area (TPSA) is 79.5 Å². The van der Waals surface area contributed by atoms with E-state index in [0.29, 0.717) is 29.7 Å². The molecule has 1 aromatic heterocycles. The molecule has 6 heteroatoms. The van der Waals surface area contributed by atoms with Gasteiger partial charge in [0.25, 0.3) is 0 Å². The molecule has 0 saturated heterocycles. The third kappa shape index (κ3) is 2.90. The quantitative estimate of drug-likeness (QED) is 0.910. The van der Waals surface area contributed by atoms with E-state index in [1.165, 1.54) is 0 Å². The third-order valence-corrected chi connectivity index (χ3v) is 3.33. The van der Waals surface area contributed by atoms with Crippen LogP contribution in [0.4, 0.5) is 0 Å². The minimum Gasteiger partial charge on any atom is -0.493 e. The zero-order valence-electron chi connectivity index (χ0n) is 12.6. The molecule has 0 aliphatic rings. The van der Waals surface area contributed by atoms with Crippen molar-refractivity contribution in [2.75, 3.05) is 14.2 Å². The van der Waals surface area contributed by atoms with Gasteiger partial charge in [-0.1, -0.05) is 6.07 Å². The van der Waals surface area contributed by atoms with Crippen molar-refractivity contribution in [2.24, 2.45) is 5.73 Å². The Morgan fingerprint density at radius 2 is 1.67 bits per heavy atom. The summed E-state index contributed by atoms with van der Waals surface area (Å²) >= 11 is 0. The maximum absolute atomic E-state index is 5.88. The molecule has 6 nitrogen and oxygen atoms in total. The van der Waals surface area contributed by atoms with Crippen molar-refractivity contribution >= 4 is 0 Å². The van der Waals surface area contributed by atoms with Crippen LogP contribution in [0.15, 0.2) is 18.2 Å². The van der Waals surface area contributed by atoms with Gasteiger partial charge in [-0.2, -0.15) is 5.10 Å². The van der Waals surface area contributed by atoms with Crippen LogP contribution in [-0.2, 0) is 6.54 Å². The number of aromatic nitrogens is 2. The molecule has 0 bridgehead atoms. The van der Waals surface area contributed by atoms with E-state index >= 15 is 0 Å². The Labute approximate surface area is 123 Å². The molecule has 1 heterocycles. The zero-order chi connectivity index (χ0) is 15.4. The first-order valence-electron chi connectivity index (χ1n) is 6.54. The summed E-state index contributed by atoms with van der Waals surface area (Å²) in [6, 6.07) is 5.39. The predicted octanol–water partition coefficient (Wildman–Crippen LogP) is 2.36. The van der Waals surface area contributed by atoms with Crippen molar-refractivity contribution in [3.05, 3.63) is 35.0 Å². The van der Waals surface area contributed by atoms with E-state index in [4.69, 9.17) is 19.9 Å². The fraction of sp³-hybridized carbons (Fsp3) is 0.333. The van der Waals surface area contributed by atoms with Crippen LogP contribution >= 0.6 is 0 Å². The van der Waals surface area contributed by atoms with Gasteiger partial charge >= 0.3 is 0 Å². The number of methoxy groups -OCH3 is 2. The van der Waals surface area contributed by atoms with E-state index < -0.39 is 0 Å². The minimum atomic E-state index is 0.314. The van der Waals surface area contributed by atoms with E-state index in [1.54, 1.807) is 26.4 Å². The van der Waals surface area contributed by atoms with Gasteiger partial charge in [0, 0.05) is 12.1 Å². The molecule has 0 fully saturated rings. The summed E-state index contributed by atoms with van der Waals surface area (Å²) in [5.74, 6) is 1.92. The monoisotopic (exact) mass is 289 g/mol. The van der Waals surface area contributed by atoms with Gasteiger partial charge in [0.2, 0.25) is 11.6 Å². The first-order valence-corrected chi connectivity index (χ1v) is 6.54. The van der Waals surface area contributed by atoms with Crippen molar-refractivity contribution in [3.8, 4) is 23.1 Å². The molecule has 0 atom stereocenters. The van der Waals surface area contributed by atoms with E-state index in [-0.39, 0.29) is 0 Å². The summed E-state index contributed by atoms with van der Waals surface area (Å²) in [6.45, 7) is 4.14. The van der Waals surface area contributed by atoms with E-state index in [1.807, 2.05) is 19.9 Å². The van der Waals surface area contributed by atoms with Gasteiger partial charge in [-0.3, -0.25) is 0 Å². The molecule has 0 radical (unpaired) electrons. The first kappa shape index (κ1) is 15.1. The summed E-state index contributed by atoms with van der Waals surface area (Å²) < 4.78 is 16.5. The molecule has 1 aromatic carbocycles. The average molecular weight is 289 g/mol. The fourth-order valence-corrected chi connectivity index (χ4v) is 1.97. The number of hydrogen-bond donors (Lipinski definition) is 1. The van der Waals surface area contributed by atoms with Gasteiger partial charge < -0.3 is 19.9 Å². The number of benzene rings is 1. The van der Waals surface area contributed by atoms with Crippen molar-refractivity contribution in [1.82, 2.24) is 10.2 Å². The molecule has 0 saturated carbocycles. The molecular weight excluding hydrogens is 270 g/mol. The molecule has 2 N–H and O–H groups in total. The highest BCUT2D eigenvalue weighted by Crippen LogP contribution is 2.40. The van der Waals surface area contributed by atoms with E-state index in [0.717, 1.165) is 16.8 Å². The van der Waals surface area contributed by atoms with Crippen LogP contribution in [-0.4, -0.2) is 24.4 Å². The normalized spacial score (nSPS) is 10.3. The zero-order valence-corrected chi connectivity index (χ0v) is 12.6. The van der Waals surface area contributed by atoms with Gasteiger partial charge in [0.1, 0.15) is 0 Å². The molecular formula is C15H19N3O3. The van der Waals surface area contributed by atoms with E-state index in [9.17, 15) is 0 Å². The molecule has 0 spiro atoms. The maximum atomic E-state index is 5.88. The lowest BCUT2D eigenvalue weighted by Crippen LogP contribution is -2.08. The molecule has 2 aromatic rings. The van der Waals surface area contributed by atoms with Crippen LogP contribution in [0.1, 0.15) is 16.8 Å². The first-order chi connectivity index (χ1) is 10.1. The Morgan fingerprint density at radius 1 is 1.05 bits per heavy atom. The fourth-order valence-electron chi connectivity index (χ4n) is 1.97.